The molecule has 0 radical (unpaired) electrons. The van der Waals surface area contributed by atoms with Gasteiger partial charge in [-0.2, -0.15) is 0 Å². The van der Waals surface area contributed by atoms with E-state index < -0.39 is 0 Å². The van der Waals surface area contributed by atoms with E-state index in [-0.39, 0.29) is 12.1 Å². The van der Waals surface area contributed by atoms with Crippen LogP contribution >= 0.6 is 0 Å². The third-order valence-electron chi connectivity index (χ3n) is 5.16. The molecule has 1 aliphatic carbocycles. The number of nitrogens with one attached hydrogen (secondary N) is 2. The molecule has 1 aromatic carbocycles. The molecule has 25 heavy (non-hydrogen) atoms. The minimum Gasteiger partial charge on any atom is -0.496 e. The first-order chi connectivity index (χ1) is 12.2. The van der Waals surface area contributed by atoms with Crippen LogP contribution in [0.15, 0.2) is 24.3 Å². The fourth-order valence-electron chi connectivity index (χ4n) is 3.42. The van der Waals surface area contributed by atoms with Crippen LogP contribution in [-0.4, -0.2) is 68.3 Å². The largest absolute Gasteiger partial charge is 0.496 e. The third kappa shape index (κ3) is 4.86. The molecular weight excluding hydrogens is 316 g/mol. The number of rotatable bonds is 7. The maximum atomic E-state index is 12.1. The molecule has 1 aliphatic heterocycles. The van der Waals surface area contributed by atoms with Gasteiger partial charge in [-0.05, 0) is 25.5 Å². The summed E-state index contributed by atoms with van der Waals surface area (Å²) in [7, 11) is 1.71. The lowest BCUT2D eigenvalue weighted by Crippen LogP contribution is -2.50. The van der Waals surface area contributed by atoms with Crippen LogP contribution in [0.25, 0.3) is 0 Å². The number of piperazine rings is 1. The molecule has 0 bridgehead atoms. The Balaban J connectivity index is 1.69. The first kappa shape index (κ1) is 18.0. The molecule has 3 rings (SSSR count). The van der Waals surface area contributed by atoms with E-state index in [0.717, 1.165) is 56.9 Å². The summed E-state index contributed by atoms with van der Waals surface area (Å²) in [5.41, 5.74) is 1.14. The summed E-state index contributed by atoms with van der Waals surface area (Å²) in [5.74, 6) is 0.884. The van der Waals surface area contributed by atoms with Gasteiger partial charge in [-0.15, -0.1) is 0 Å². The van der Waals surface area contributed by atoms with E-state index in [0.29, 0.717) is 12.6 Å². The van der Waals surface area contributed by atoms with Gasteiger partial charge < -0.3 is 20.3 Å². The summed E-state index contributed by atoms with van der Waals surface area (Å²) in [6.07, 6.45) is 2.20. The van der Waals surface area contributed by atoms with Gasteiger partial charge in [-0.25, -0.2) is 4.79 Å². The minimum absolute atomic E-state index is 0.0606. The first-order valence-corrected chi connectivity index (χ1v) is 9.35. The average molecular weight is 346 g/mol. The number of carbonyl (C=O) groups is 1. The second-order valence-electron chi connectivity index (χ2n) is 6.86. The van der Waals surface area contributed by atoms with Crippen LogP contribution in [0.2, 0.25) is 0 Å². The summed E-state index contributed by atoms with van der Waals surface area (Å²) in [4.78, 5) is 17.0. The van der Waals surface area contributed by atoms with Gasteiger partial charge in [0.15, 0.2) is 0 Å². The van der Waals surface area contributed by atoms with Crippen LogP contribution < -0.4 is 15.4 Å². The summed E-state index contributed by atoms with van der Waals surface area (Å²) in [6, 6.07) is 8.57. The van der Waals surface area contributed by atoms with Crippen LogP contribution in [0.1, 0.15) is 31.4 Å². The number of hydrogen-bond acceptors (Lipinski definition) is 4. The molecule has 6 nitrogen and oxygen atoms in total. The number of likely N-dealkylation sites (N-methyl/N-ethyl adjacent to an activating group) is 1. The zero-order chi connectivity index (χ0) is 17.6. The van der Waals surface area contributed by atoms with Crippen molar-refractivity contribution in [2.75, 3.05) is 46.4 Å². The third-order valence-corrected chi connectivity index (χ3v) is 5.16. The molecule has 1 atom stereocenters. The number of amides is 2. The lowest BCUT2D eigenvalue weighted by Gasteiger charge is -2.39. The maximum absolute atomic E-state index is 12.1. The molecular formula is C19H30N4O2. The minimum atomic E-state index is -0.0606. The highest BCUT2D eigenvalue weighted by Crippen LogP contribution is 2.29. The van der Waals surface area contributed by atoms with Crippen LogP contribution in [0, 0.1) is 0 Å². The van der Waals surface area contributed by atoms with Crippen molar-refractivity contribution in [2.45, 2.75) is 31.8 Å². The van der Waals surface area contributed by atoms with E-state index in [2.05, 4.69) is 33.4 Å². The van der Waals surface area contributed by atoms with E-state index in [4.69, 9.17) is 4.74 Å². The highest BCUT2D eigenvalue weighted by Gasteiger charge is 2.28. The normalized spacial score (nSPS) is 20.1. The average Bonchev–Trinajstić information content (AvgIpc) is 3.46. The van der Waals surface area contributed by atoms with Gasteiger partial charge in [-0.1, -0.05) is 25.1 Å². The van der Waals surface area contributed by atoms with Crippen molar-refractivity contribution in [3.05, 3.63) is 29.8 Å². The van der Waals surface area contributed by atoms with Crippen molar-refractivity contribution in [3.8, 4) is 5.75 Å². The first-order valence-electron chi connectivity index (χ1n) is 9.35. The molecule has 1 saturated heterocycles. The molecule has 138 valence electrons. The van der Waals surface area contributed by atoms with Gasteiger partial charge in [0.1, 0.15) is 5.75 Å². The predicted octanol–water partition coefficient (Wildman–Crippen LogP) is 1.84. The quantitative estimate of drug-likeness (QED) is 0.791. The van der Waals surface area contributed by atoms with Gasteiger partial charge in [0.25, 0.3) is 0 Å². The van der Waals surface area contributed by atoms with Crippen molar-refractivity contribution in [2.24, 2.45) is 0 Å². The number of carbonyl (C=O) groups excluding carboxylic acids is 1. The second kappa shape index (κ2) is 8.54. The predicted molar refractivity (Wildman–Crippen MR) is 99.0 cm³/mol. The molecule has 2 fully saturated rings. The van der Waals surface area contributed by atoms with Gasteiger partial charge in [0.05, 0.1) is 13.2 Å². The Hall–Kier alpha value is -1.79. The monoisotopic (exact) mass is 346 g/mol. The molecule has 1 saturated carbocycles. The van der Waals surface area contributed by atoms with Crippen molar-refractivity contribution in [3.63, 3.8) is 0 Å². The van der Waals surface area contributed by atoms with Crippen molar-refractivity contribution in [1.29, 1.82) is 0 Å². The Morgan fingerprint density at radius 3 is 2.60 bits per heavy atom. The molecule has 1 aromatic rings. The number of benzene rings is 1. The smallest absolute Gasteiger partial charge is 0.315 e. The van der Waals surface area contributed by atoms with E-state index >= 15 is 0 Å². The number of para-hydroxylation sites is 1. The van der Waals surface area contributed by atoms with Gasteiger partial charge in [-0.3, -0.25) is 4.90 Å². The fourth-order valence-corrected chi connectivity index (χ4v) is 3.42. The lowest BCUT2D eigenvalue weighted by molar-refractivity contribution is 0.0978. The van der Waals surface area contributed by atoms with E-state index in [1.54, 1.807) is 7.11 Å². The van der Waals surface area contributed by atoms with E-state index in [1.165, 1.54) is 0 Å². The lowest BCUT2D eigenvalue weighted by atomic mass is 10.0. The number of nitrogens with zero attached hydrogens (tertiary/aromatic N) is 2. The Bertz CT molecular complexity index is 568. The Labute approximate surface area is 150 Å². The van der Waals surface area contributed by atoms with Crippen LogP contribution in [0.3, 0.4) is 0 Å². The molecule has 2 N–H and O–H groups in total. The molecule has 6 heteroatoms. The highest BCUT2D eigenvalue weighted by atomic mass is 16.5. The standard InChI is InChI=1S/C19H30N4O2/c1-3-22-10-12-23(13-11-22)17(14-20-19(24)21-15-8-9-15)16-6-4-5-7-18(16)25-2/h4-7,15,17H,3,8-14H2,1-2H3,(H2,20,21,24). The second-order valence-corrected chi connectivity index (χ2v) is 6.86. The Morgan fingerprint density at radius 2 is 1.96 bits per heavy atom. The van der Waals surface area contributed by atoms with Crippen LogP contribution in [0.4, 0.5) is 4.79 Å². The fraction of sp³-hybridized carbons (Fsp3) is 0.632. The zero-order valence-electron chi connectivity index (χ0n) is 15.3. The summed E-state index contributed by atoms with van der Waals surface area (Å²) in [6.45, 7) is 8.02. The van der Waals surface area contributed by atoms with E-state index in [9.17, 15) is 4.79 Å². The van der Waals surface area contributed by atoms with Crippen LogP contribution in [0.5, 0.6) is 5.75 Å². The molecule has 2 amide bonds. The van der Waals surface area contributed by atoms with Crippen molar-refractivity contribution < 1.29 is 9.53 Å². The number of methoxy groups -OCH3 is 1. The molecule has 2 aliphatic rings. The molecule has 0 aromatic heterocycles. The van der Waals surface area contributed by atoms with Crippen molar-refractivity contribution >= 4 is 6.03 Å². The molecule has 1 unspecified atom stereocenters. The van der Waals surface area contributed by atoms with Gasteiger partial charge in [0.2, 0.25) is 0 Å². The van der Waals surface area contributed by atoms with E-state index in [1.807, 2.05) is 18.2 Å². The summed E-state index contributed by atoms with van der Waals surface area (Å²) in [5, 5.41) is 6.07. The summed E-state index contributed by atoms with van der Waals surface area (Å²) >= 11 is 0. The van der Waals surface area contributed by atoms with Gasteiger partial charge in [0, 0.05) is 44.3 Å². The van der Waals surface area contributed by atoms with Crippen molar-refractivity contribution in [1.82, 2.24) is 20.4 Å². The summed E-state index contributed by atoms with van der Waals surface area (Å²) < 4.78 is 5.58. The molecule has 0 spiro atoms. The highest BCUT2D eigenvalue weighted by molar-refractivity contribution is 5.74. The van der Waals surface area contributed by atoms with Gasteiger partial charge >= 0.3 is 6.03 Å². The SMILES string of the molecule is CCN1CCN(C(CNC(=O)NC2CC2)c2ccccc2OC)CC1. The van der Waals surface area contributed by atoms with Crippen LogP contribution in [-0.2, 0) is 0 Å². The topological polar surface area (TPSA) is 56.8 Å². The number of hydrogen-bond donors (Lipinski definition) is 2. The Morgan fingerprint density at radius 1 is 1.24 bits per heavy atom. The zero-order valence-corrected chi connectivity index (χ0v) is 15.3. The molecule has 1 heterocycles. The Kier molecular flexibility index (Phi) is 6.15. The number of ether oxygens (including phenoxy) is 1. The number of urea groups is 1. The maximum Gasteiger partial charge on any atom is 0.315 e.